The number of hydrogen-bond donors (Lipinski definition) is 2. The van der Waals surface area contributed by atoms with Crippen LogP contribution in [0.25, 0.3) is 0 Å². The quantitative estimate of drug-likeness (QED) is 0.785. The third-order valence-electron chi connectivity index (χ3n) is 2.47. The van der Waals surface area contributed by atoms with Gasteiger partial charge in [-0.2, -0.15) is 0 Å². The van der Waals surface area contributed by atoms with Crippen molar-refractivity contribution in [3.05, 3.63) is 4.60 Å². The number of halogens is 1. The van der Waals surface area contributed by atoms with Gasteiger partial charge in [0.2, 0.25) is 5.03 Å². The monoisotopic (exact) mass is 326 g/mol. The molecule has 1 aromatic heterocycles. The first-order valence-corrected chi connectivity index (χ1v) is 7.25. The molecule has 0 aromatic carbocycles. The summed E-state index contributed by atoms with van der Waals surface area (Å²) in [6.45, 7) is 3.36. The molecule has 98 valence electrons. The Morgan fingerprint density at radius 1 is 1.53 bits per heavy atom. The van der Waals surface area contributed by atoms with E-state index in [2.05, 4.69) is 31.0 Å². The van der Waals surface area contributed by atoms with Crippen LogP contribution < -0.4 is 4.72 Å². The molecule has 0 aliphatic heterocycles. The Kier molecular flexibility index (Phi) is 4.64. The fourth-order valence-corrected chi connectivity index (χ4v) is 3.63. The number of aryl methyl sites for hydroxylation is 1. The van der Waals surface area contributed by atoms with E-state index in [-0.39, 0.29) is 28.2 Å². The summed E-state index contributed by atoms with van der Waals surface area (Å²) in [5.41, 5.74) is 0. The highest BCUT2D eigenvalue weighted by atomic mass is 79.9. The fourth-order valence-electron chi connectivity index (χ4n) is 1.18. The summed E-state index contributed by atoms with van der Waals surface area (Å²) in [5, 5.41) is 16.2. The molecule has 17 heavy (non-hydrogen) atoms. The number of nitrogens with one attached hydrogen (secondary N) is 1. The molecule has 9 heteroatoms. The van der Waals surface area contributed by atoms with Gasteiger partial charge < -0.3 is 5.11 Å². The van der Waals surface area contributed by atoms with E-state index in [4.69, 9.17) is 5.11 Å². The lowest BCUT2D eigenvalue weighted by Gasteiger charge is -2.18. The first kappa shape index (κ1) is 14.6. The number of sulfonamides is 1. The van der Waals surface area contributed by atoms with E-state index in [0.29, 0.717) is 0 Å². The van der Waals surface area contributed by atoms with Crippen LogP contribution in [0, 0.1) is 5.92 Å². The second-order valence-corrected chi connectivity index (χ2v) is 6.26. The zero-order valence-electron chi connectivity index (χ0n) is 9.75. The Morgan fingerprint density at radius 2 is 2.12 bits per heavy atom. The first-order chi connectivity index (χ1) is 7.79. The third-order valence-corrected chi connectivity index (χ3v) is 4.92. The molecule has 7 nitrogen and oxygen atoms in total. The van der Waals surface area contributed by atoms with Crippen LogP contribution in [0.5, 0.6) is 0 Å². The van der Waals surface area contributed by atoms with Crippen LogP contribution >= 0.6 is 15.9 Å². The van der Waals surface area contributed by atoms with Gasteiger partial charge in [-0.3, -0.25) is 0 Å². The number of nitrogens with zero attached hydrogens (tertiary/aromatic N) is 3. The highest BCUT2D eigenvalue weighted by Gasteiger charge is 2.27. The van der Waals surface area contributed by atoms with Gasteiger partial charge in [0.05, 0.1) is 0 Å². The van der Waals surface area contributed by atoms with Crippen molar-refractivity contribution in [1.82, 2.24) is 19.7 Å². The molecule has 1 aromatic rings. The van der Waals surface area contributed by atoms with E-state index in [1.54, 1.807) is 13.8 Å². The zero-order valence-corrected chi connectivity index (χ0v) is 12.2. The van der Waals surface area contributed by atoms with Crippen molar-refractivity contribution in [3.63, 3.8) is 0 Å². The standard InChI is InChI=1S/C8H15BrN4O3S/c1-5(4-14)6(2)11-17(15,16)8-7(9)10-12-13(8)3/h5-6,11,14H,4H2,1-3H3. The van der Waals surface area contributed by atoms with Gasteiger partial charge >= 0.3 is 0 Å². The topological polar surface area (TPSA) is 97.1 Å². The maximum Gasteiger partial charge on any atom is 0.260 e. The largest absolute Gasteiger partial charge is 0.396 e. The summed E-state index contributed by atoms with van der Waals surface area (Å²) < 4.78 is 27.9. The van der Waals surface area contributed by atoms with Crippen LogP contribution in [0.4, 0.5) is 0 Å². The van der Waals surface area contributed by atoms with Gasteiger partial charge in [-0.05, 0) is 28.8 Å². The lowest BCUT2D eigenvalue weighted by Crippen LogP contribution is -2.39. The minimum atomic E-state index is -3.70. The molecule has 2 unspecified atom stereocenters. The van der Waals surface area contributed by atoms with E-state index in [1.807, 2.05) is 0 Å². The molecule has 0 saturated heterocycles. The van der Waals surface area contributed by atoms with Crippen LogP contribution in [-0.4, -0.2) is 41.2 Å². The second-order valence-electron chi connectivity index (χ2n) is 3.88. The Labute approximate surface area is 108 Å². The Balaban J connectivity index is 2.98. The van der Waals surface area contributed by atoms with Crippen molar-refractivity contribution in [2.75, 3.05) is 6.61 Å². The van der Waals surface area contributed by atoms with E-state index >= 15 is 0 Å². The molecule has 0 aliphatic carbocycles. The average Bonchev–Trinajstić information content (AvgIpc) is 2.57. The minimum Gasteiger partial charge on any atom is -0.396 e. The maximum atomic E-state index is 12.0. The zero-order chi connectivity index (χ0) is 13.2. The molecular weight excluding hydrogens is 312 g/mol. The predicted molar refractivity (Wildman–Crippen MR) is 64.7 cm³/mol. The lowest BCUT2D eigenvalue weighted by molar-refractivity contribution is 0.216. The van der Waals surface area contributed by atoms with Crippen LogP contribution in [0.15, 0.2) is 9.63 Å². The van der Waals surface area contributed by atoms with Crippen LogP contribution in [0.3, 0.4) is 0 Å². The molecule has 0 saturated carbocycles. The average molecular weight is 327 g/mol. The predicted octanol–water partition coefficient (Wildman–Crippen LogP) is -0.127. The van der Waals surface area contributed by atoms with Crippen molar-refractivity contribution in [3.8, 4) is 0 Å². The second kappa shape index (κ2) is 5.42. The summed E-state index contributed by atoms with van der Waals surface area (Å²) in [6.07, 6.45) is 0. The van der Waals surface area contributed by atoms with Gasteiger partial charge in [-0.1, -0.05) is 12.1 Å². The molecule has 0 bridgehead atoms. The third kappa shape index (κ3) is 3.24. The molecule has 0 aliphatic rings. The normalized spacial score (nSPS) is 15.8. The van der Waals surface area contributed by atoms with Gasteiger partial charge in [-0.15, -0.1) is 5.10 Å². The summed E-state index contributed by atoms with van der Waals surface area (Å²) in [6, 6.07) is -0.383. The van der Waals surface area contributed by atoms with Gasteiger partial charge in [0.1, 0.15) is 0 Å². The SMILES string of the molecule is CC(CO)C(C)NS(=O)(=O)c1c(Br)nnn1C. The number of rotatable bonds is 5. The number of aliphatic hydroxyl groups is 1. The highest BCUT2D eigenvalue weighted by Crippen LogP contribution is 2.18. The minimum absolute atomic E-state index is 0.0329. The van der Waals surface area contributed by atoms with Gasteiger partial charge in [0, 0.05) is 19.7 Å². The molecule has 0 radical (unpaired) electrons. The van der Waals surface area contributed by atoms with Crippen molar-refractivity contribution in [1.29, 1.82) is 0 Å². The van der Waals surface area contributed by atoms with Gasteiger partial charge in [-0.25, -0.2) is 17.8 Å². The smallest absolute Gasteiger partial charge is 0.260 e. The molecule has 0 amide bonds. The molecule has 1 rings (SSSR count). The molecule has 0 spiro atoms. The summed E-state index contributed by atoms with van der Waals surface area (Å²) in [4.78, 5) is 0. The molecule has 1 heterocycles. The summed E-state index contributed by atoms with van der Waals surface area (Å²) in [5.74, 6) is -0.176. The van der Waals surface area contributed by atoms with E-state index < -0.39 is 10.0 Å². The fraction of sp³-hybridized carbons (Fsp3) is 0.750. The van der Waals surface area contributed by atoms with Crippen LogP contribution in [0.1, 0.15) is 13.8 Å². The molecule has 0 fully saturated rings. The number of aromatic nitrogens is 3. The maximum absolute atomic E-state index is 12.0. The van der Waals surface area contributed by atoms with Crippen molar-refractivity contribution in [2.24, 2.45) is 13.0 Å². The van der Waals surface area contributed by atoms with Crippen LogP contribution in [-0.2, 0) is 17.1 Å². The number of aliphatic hydroxyl groups excluding tert-OH is 1. The highest BCUT2D eigenvalue weighted by molar-refractivity contribution is 9.10. The van der Waals surface area contributed by atoms with Gasteiger partial charge in [0.15, 0.2) is 4.60 Å². The summed E-state index contributed by atoms with van der Waals surface area (Å²) in [7, 11) is -2.21. The lowest BCUT2D eigenvalue weighted by atomic mass is 10.1. The Morgan fingerprint density at radius 3 is 2.53 bits per heavy atom. The van der Waals surface area contributed by atoms with Crippen LogP contribution in [0.2, 0.25) is 0 Å². The van der Waals surface area contributed by atoms with Crippen molar-refractivity contribution < 1.29 is 13.5 Å². The first-order valence-electron chi connectivity index (χ1n) is 4.98. The Hall–Kier alpha value is -0.510. The molecule has 2 N–H and O–H groups in total. The van der Waals surface area contributed by atoms with E-state index in [9.17, 15) is 8.42 Å². The molecular formula is C8H15BrN4O3S. The number of hydrogen-bond acceptors (Lipinski definition) is 5. The summed E-state index contributed by atoms with van der Waals surface area (Å²) >= 11 is 3.03. The van der Waals surface area contributed by atoms with Crippen molar-refractivity contribution >= 4 is 26.0 Å². The molecule has 2 atom stereocenters. The van der Waals surface area contributed by atoms with E-state index in [0.717, 1.165) is 0 Å². The van der Waals surface area contributed by atoms with Crippen molar-refractivity contribution in [2.45, 2.75) is 24.9 Å². The Bertz CT molecular complexity index is 467. The van der Waals surface area contributed by atoms with Gasteiger partial charge in [0.25, 0.3) is 10.0 Å². The van der Waals surface area contributed by atoms with E-state index in [1.165, 1.54) is 11.7 Å².